The van der Waals surface area contributed by atoms with Gasteiger partial charge in [0.2, 0.25) is 0 Å². The summed E-state index contributed by atoms with van der Waals surface area (Å²) in [4.78, 5) is 15.0. The molecule has 1 heterocycles. The third-order valence-electron chi connectivity index (χ3n) is 3.15. The fraction of sp³-hybridized carbons (Fsp3) is 0.133. The van der Waals surface area contributed by atoms with Crippen molar-refractivity contribution in [2.24, 2.45) is 0 Å². The maximum Gasteiger partial charge on any atom is 0.331 e. The van der Waals surface area contributed by atoms with Crippen LogP contribution in [0.2, 0.25) is 0 Å². The minimum absolute atomic E-state index is 0.162. The van der Waals surface area contributed by atoms with Gasteiger partial charge in [0, 0.05) is 0 Å². The lowest BCUT2D eigenvalue weighted by molar-refractivity contribution is 0.418. The molecule has 0 aliphatic carbocycles. The van der Waals surface area contributed by atoms with Crippen molar-refractivity contribution in [1.82, 2.24) is 9.55 Å². The Labute approximate surface area is 110 Å². The van der Waals surface area contributed by atoms with E-state index in [0.29, 0.717) is 5.75 Å². The summed E-state index contributed by atoms with van der Waals surface area (Å²) in [5.74, 6) is 0.678. The summed E-state index contributed by atoms with van der Waals surface area (Å²) >= 11 is 0. The predicted octanol–water partition coefficient (Wildman–Crippen LogP) is 2.64. The third kappa shape index (κ3) is 1.81. The van der Waals surface area contributed by atoms with E-state index in [9.17, 15) is 4.79 Å². The Bertz CT molecular complexity index is 799. The summed E-state index contributed by atoms with van der Waals surface area (Å²) in [6.45, 7) is 2.00. The third-order valence-corrected chi connectivity index (χ3v) is 3.15. The first kappa shape index (κ1) is 11.6. The number of hydrogen-bond acceptors (Lipinski definition) is 2. The molecule has 0 unspecified atom stereocenters. The number of aromatic amines is 1. The number of nitrogens with zero attached hydrogens (tertiary/aromatic N) is 1. The van der Waals surface area contributed by atoms with E-state index in [4.69, 9.17) is 4.74 Å². The van der Waals surface area contributed by atoms with Gasteiger partial charge in [0.05, 0.1) is 18.3 Å². The summed E-state index contributed by atoms with van der Waals surface area (Å²) in [5, 5.41) is 0. The Morgan fingerprint density at radius 2 is 1.95 bits per heavy atom. The molecule has 1 N–H and O–H groups in total. The SMILES string of the molecule is COc1cccc2[nH]c(=O)n(-c3cccc(C)c3)c12. The number of hydrogen-bond donors (Lipinski definition) is 1. The number of para-hydroxylation sites is 1. The molecule has 0 radical (unpaired) electrons. The van der Waals surface area contributed by atoms with E-state index in [2.05, 4.69) is 4.98 Å². The van der Waals surface area contributed by atoms with E-state index >= 15 is 0 Å². The number of methoxy groups -OCH3 is 1. The maximum atomic E-state index is 12.2. The van der Waals surface area contributed by atoms with Gasteiger partial charge in [-0.15, -0.1) is 0 Å². The normalized spacial score (nSPS) is 10.8. The molecule has 0 spiro atoms. The van der Waals surface area contributed by atoms with Crippen molar-refractivity contribution >= 4 is 11.0 Å². The van der Waals surface area contributed by atoms with Crippen LogP contribution in [0, 0.1) is 6.92 Å². The second-order valence-electron chi connectivity index (χ2n) is 4.46. The van der Waals surface area contributed by atoms with Crippen LogP contribution in [-0.2, 0) is 0 Å². The van der Waals surface area contributed by atoms with E-state index < -0.39 is 0 Å². The number of nitrogens with one attached hydrogen (secondary N) is 1. The molecule has 19 heavy (non-hydrogen) atoms. The van der Waals surface area contributed by atoms with E-state index in [-0.39, 0.29) is 5.69 Å². The van der Waals surface area contributed by atoms with Crippen molar-refractivity contribution in [1.29, 1.82) is 0 Å². The first-order valence-corrected chi connectivity index (χ1v) is 6.05. The van der Waals surface area contributed by atoms with Gasteiger partial charge in [0.1, 0.15) is 11.3 Å². The topological polar surface area (TPSA) is 47.0 Å². The van der Waals surface area contributed by atoms with E-state index in [0.717, 1.165) is 22.3 Å². The van der Waals surface area contributed by atoms with Crippen LogP contribution in [-0.4, -0.2) is 16.7 Å². The highest BCUT2D eigenvalue weighted by molar-refractivity contribution is 5.83. The monoisotopic (exact) mass is 254 g/mol. The second kappa shape index (κ2) is 4.31. The molecule has 1 aromatic heterocycles. The van der Waals surface area contributed by atoms with Crippen molar-refractivity contribution in [3.05, 3.63) is 58.5 Å². The smallest absolute Gasteiger partial charge is 0.331 e. The van der Waals surface area contributed by atoms with Crippen molar-refractivity contribution in [3.8, 4) is 11.4 Å². The van der Waals surface area contributed by atoms with Crippen molar-refractivity contribution in [2.45, 2.75) is 6.92 Å². The van der Waals surface area contributed by atoms with Gasteiger partial charge in [0.15, 0.2) is 0 Å². The lowest BCUT2D eigenvalue weighted by atomic mass is 10.2. The molecule has 0 fully saturated rings. The van der Waals surface area contributed by atoms with E-state index in [1.165, 1.54) is 0 Å². The van der Waals surface area contributed by atoms with Crippen LogP contribution in [0.1, 0.15) is 5.56 Å². The second-order valence-corrected chi connectivity index (χ2v) is 4.46. The molecule has 0 aliphatic rings. The largest absolute Gasteiger partial charge is 0.494 e. The molecule has 3 aromatic rings. The standard InChI is InChI=1S/C15H14N2O2/c1-10-5-3-6-11(9-10)17-14-12(16-15(17)18)7-4-8-13(14)19-2/h3-9H,1-2H3,(H,16,18). The molecular formula is C15H14N2O2. The number of rotatable bonds is 2. The predicted molar refractivity (Wildman–Crippen MR) is 75.2 cm³/mol. The number of ether oxygens (including phenoxy) is 1. The van der Waals surface area contributed by atoms with Crippen LogP contribution in [0.15, 0.2) is 47.3 Å². The molecule has 96 valence electrons. The number of aryl methyl sites for hydroxylation is 1. The highest BCUT2D eigenvalue weighted by Gasteiger charge is 2.12. The van der Waals surface area contributed by atoms with E-state index in [1.807, 2.05) is 49.4 Å². The van der Waals surface area contributed by atoms with Gasteiger partial charge in [-0.05, 0) is 36.8 Å². The molecule has 2 aromatic carbocycles. The fourth-order valence-corrected chi connectivity index (χ4v) is 2.30. The molecule has 0 bridgehead atoms. The molecule has 0 atom stereocenters. The van der Waals surface area contributed by atoms with Crippen molar-refractivity contribution in [2.75, 3.05) is 7.11 Å². The van der Waals surface area contributed by atoms with Crippen LogP contribution in [0.3, 0.4) is 0 Å². The Morgan fingerprint density at radius 1 is 1.16 bits per heavy atom. The molecule has 0 amide bonds. The van der Waals surface area contributed by atoms with Crippen molar-refractivity contribution in [3.63, 3.8) is 0 Å². The zero-order valence-electron chi connectivity index (χ0n) is 10.8. The Morgan fingerprint density at radius 3 is 2.68 bits per heavy atom. The fourth-order valence-electron chi connectivity index (χ4n) is 2.30. The summed E-state index contributed by atoms with van der Waals surface area (Å²) in [6.07, 6.45) is 0. The number of fused-ring (bicyclic) bond motifs is 1. The minimum atomic E-state index is -0.162. The Kier molecular flexibility index (Phi) is 2.63. The summed E-state index contributed by atoms with van der Waals surface area (Å²) in [6, 6.07) is 13.4. The van der Waals surface area contributed by atoms with Crippen LogP contribution in [0.4, 0.5) is 0 Å². The number of H-pyrrole nitrogens is 1. The Hall–Kier alpha value is -2.49. The first-order chi connectivity index (χ1) is 9.20. The number of aromatic nitrogens is 2. The molecule has 4 heteroatoms. The van der Waals surface area contributed by atoms with Gasteiger partial charge < -0.3 is 9.72 Å². The average Bonchev–Trinajstić information content (AvgIpc) is 2.74. The number of benzene rings is 2. The van der Waals surface area contributed by atoms with E-state index in [1.54, 1.807) is 11.7 Å². The highest BCUT2D eigenvalue weighted by Crippen LogP contribution is 2.25. The maximum absolute atomic E-state index is 12.2. The van der Waals surface area contributed by atoms with Gasteiger partial charge in [0.25, 0.3) is 0 Å². The van der Waals surface area contributed by atoms with Gasteiger partial charge in [-0.2, -0.15) is 0 Å². The average molecular weight is 254 g/mol. The number of imidazole rings is 1. The molecule has 0 saturated heterocycles. The quantitative estimate of drug-likeness (QED) is 0.764. The lowest BCUT2D eigenvalue weighted by Gasteiger charge is -2.07. The lowest BCUT2D eigenvalue weighted by Crippen LogP contribution is -2.14. The summed E-state index contributed by atoms with van der Waals surface area (Å²) in [7, 11) is 1.60. The zero-order chi connectivity index (χ0) is 13.4. The van der Waals surface area contributed by atoms with Gasteiger partial charge >= 0.3 is 5.69 Å². The van der Waals surface area contributed by atoms with Gasteiger partial charge in [-0.3, -0.25) is 4.57 Å². The molecule has 3 rings (SSSR count). The molecule has 0 saturated carbocycles. The van der Waals surface area contributed by atoms with Crippen LogP contribution in [0.25, 0.3) is 16.7 Å². The zero-order valence-corrected chi connectivity index (χ0v) is 10.8. The molecule has 4 nitrogen and oxygen atoms in total. The van der Waals surface area contributed by atoms with Crippen molar-refractivity contribution < 1.29 is 4.74 Å². The summed E-state index contributed by atoms with van der Waals surface area (Å²) in [5.41, 5.74) is 3.31. The van der Waals surface area contributed by atoms with Gasteiger partial charge in [-0.25, -0.2) is 4.79 Å². The minimum Gasteiger partial charge on any atom is -0.494 e. The highest BCUT2D eigenvalue weighted by atomic mass is 16.5. The van der Waals surface area contributed by atoms with Crippen LogP contribution >= 0.6 is 0 Å². The summed E-state index contributed by atoms with van der Waals surface area (Å²) < 4.78 is 6.99. The molecule has 0 aliphatic heterocycles. The van der Waals surface area contributed by atoms with Crippen LogP contribution < -0.4 is 10.4 Å². The van der Waals surface area contributed by atoms with Gasteiger partial charge in [-0.1, -0.05) is 18.2 Å². The van der Waals surface area contributed by atoms with Crippen LogP contribution in [0.5, 0.6) is 5.75 Å². The Balaban J connectivity index is 2.40. The molecular weight excluding hydrogens is 240 g/mol. The first-order valence-electron chi connectivity index (χ1n) is 6.05.